The molecule has 0 saturated carbocycles. The lowest BCUT2D eigenvalue weighted by atomic mass is 10.1. The van der Waals surface area contributed by atoms with Crippen molar-refractivity contribution >= 4 is 11.8 Å². The molecule has 0 unspecified atom stereocenters. The van der Waals surface area contributed by atoms with Gasteiger partial charge in [0, 0.05) is 0 Å². The van der Waals surface area contributed by atoms with E-state index in [1.807, 2.05) is 0 Å². The van der Waals surface area contributed by atoms with Gasteiger partial charge in [-0.2, -0.15) is 0 Å². The standard InChI is InChI=1S/C9H7N3O5/c1-4-7(9(10)13)8(11-17-4)5-2-3-6(16-5)12(14)15/h2-3H,1H3,(H2,10,13). The van der Waals surface area contributed by atoms with Gasteiger partial charge in [0.2, 0.25) is 0 Å². The first kappa shape index (κ1) is 10.9. The molecule has 2 N–H and O–H groups in total. The lowest BCUT2D eigenvalue weighted by molar-refractivity contribution is -0.401. The highest BCUT2D eigenvalue weighted by molar-refractivity contribution is 5.99. The molecule has 0 radical (unpaired) electrons. The highest BCUT2D eigenvalue weighted by Crippen LogP contribution is 2.29. The third-order valence-electron chi connectivity index (χ3n) is 2.11. The highest BCUT2D eigenvalue weighted by Gasteiger charge is 2.23. The molecular weight excluding hydrogens is 230 g/mol. The molecule has 0 aliphatic rings. The summed E-state index contributed by atoms with van der Waals surface area (Å²) < 4.78 is 9.71. The second-order valence-corrected chi connectivity index (χ2v) is 3.22. The Morgan fingerprint density at radius 2 is 2.24 bits per heavy atom. The van der Waals surface area contributed by atoms with Crippen LogP contribution in [0.2, 0.25) is 0 Å². The van der Waals surface area contributed by atoms with Crippen LogP contribution in [-0.2, 0) is 0 Å². The molecule has 2 aromatic heterocycles. The monoisotopic (exact) mass is 237 g/mol. The van der Waals surface area contributed by atoms with Gasteiger partial charge in [-0.25, -0.2) is 0 Å². The van der Waals surface area contributed by atoms with Gasteiger partial charge in [0.05, 0.1) is 6.07 Å². The Kier molecular flexibility index (Phi) is 2.39. The van der Waals surface area contributed by atoms with Crippen molar-refractivity contribution in [1.82, 2.24) is 5.16 Å². The molecule has 17 heavy (non-hydrogen) atoms. The molecule has 2 heterocycles. The molecule has 0 aromatic carbocycles. The number of furan rings is 1. The van der Waals surface area contributed by atoms with Gasteiger partial charge >= 0.3 is 5.88 Å². The Balaban J connectivity index is 2.53. The quantitative estimate of drug-likeness (QED) is 0.632. The fraction of sp³-hybridized carbons (Fsp3) is 0.111. The molecule has 0 saturated heterocycles. The average Bonchev–Trinajstić information content (AvgIpc) is 2.82. The van der Waals surface area contributed by atoms with E-state index in [4.69, 9.17) is 14.7 Å². The third-order valence-corrected chi connectivity index (χ3v) is 2.11. The fourth-order valence-electron chi connectivity index (χ4n) is 1.38. The summed E-state index contributed by atoms with van der Waals surface area (Å²) >= 11 is 0. The van der Waals surface area contributed by atoms with Crippen LogP contribution in [0.25, 0.3) is 11.5 Å². The molecular formula is C9H7N3O5. The van der Waals surface area contributed by atoms with Crippen LogP contribution in [0, 0.1) is 17.0 Å². The van der Waals surface area contributed by atoms with Crippen molar-refractivity contribution < 1.29 is 18.7 Å². The Morgan fingerprint density at radius 1 is 1.53 bits per heavy atom. The number of hydrogen-bond acceptors (Lipinski definition) is 6. The summed E-state index contributed by atoms with van der Waals surface area (Å²) in [7, 11) is 0. The van der Waals surface area contributed by atoms with Crippen LogP contribution in [0.3, 0.4) is 0 Å². The van der Waals surface area contributed by atoms with E-state index in [0.29, 0.717) is 0 Å². The topological polar surface area (TPSA) is 125 Å². The fourth-order valence-corrected chi connectivity index (χ4v) is 1.38. The minimum Gasteiger partial charge on any atom is -0.399 e. The van der Waals surface area contributed by atoms with Crippen LogP contribution in [0.5, 0.6) is 0 Å². The summed E-state index contributed by atoms with van der Waals surface area (Å²) in [6, 6.07) is 2.48. The maximum absolute atomic E-state index is 11.2. The number of aromatic nitrogens is 1. The third kappa shape index (κ3) is 1.75. The van der Waals surface area contributed by atoms with Crippen LogP contribution in [0.1, 0.15) is 16.1 Å². The zero-order valence-corrected chi connectivity index (χ0v) is 8.67. The number of hydrogen-bond donors (Lipinski definition) is 1. The first-order valence-corrected chi connectivity index (χ1v) is 4.51. The van der Waals surface area contributed by atoms with E-state index >= 15 is 0 Å². The minimum atomic E-state index is -0.738. The van der Waals surface area contributed by atoms with E-state index in [1.165, 1.54) is 13.0 Å². The average molecular weight is 237 g/mol. The second kappa shape index (κ2) is 3.74. The van der Waals surface area contributed by atoms with E-state index in [9.17, 15) is 14.9 Å². The summed E-state index contributed by atoms with van der Waals surface area (Å²) in [6.07, 6.45) is 0. The molecule has 0 aliphatic heterocycles. The molecule has 0 atom stereocenters. The Hall–Kier alpha value is -2.64. The van der Waals surface area contributed by atoms with E-state index in [1.54, 1.807) is 0 Å². The number of primary amides is 1. The summed E-state index contributed by atoms with van der Waals surface area (Å²) in [5.74, 6) is -0.900. The minimum absolute atomic E-state index is 0.0502. The van der Waals surface area contributed by atoms with Crippen LogP contribution in [-0.4, -0.2) is 16.0 Å². The Labute approximate surface area is 94.1 Å². The predicted octanol–water partition coefficient (Wildman–Crippen LogP) is 1.25. The van der Waals surface area contributed by atoms with E-state index < -0.39 is 16.7 Å². The number of carbonyl (C=O) groups excluding carboxylic acids is 1. The number of nitro groups is 1. The molecule has 88 valence electrons. The van der Waals surface area contributed by atoms with Crippen molar-refractivity contribution in [2.45, 2.75) is 6.92 Å². The second-order valence-electron chi connectivity index (χ2n) is 3.22. The molecule has 2 aromatic rings. The Morgan fingerprint density at radius 3 is 2.76 bits per heavy atom. The van der Waals surface area contributed by atoms with Crippen molar-refractivity contribution in [3.05, 3.63) is 33.6 Å². The number of nitrogens with two attached hydrogens (primary N) is 1. The van der Waals surface area contributed by atoms with Crippen molar-refractivity contribution in [2.75, 3.05) is 0 Å². The van der Waals surface area contributed by atoms with Gasteiger partial charge in [0.25, 0.3) is 5.91 Å². The molecule has 8 nitrogen and oxygen atoms in total. The number of amides is 1. The van der Waals surface area contributed by atoms with Crippen LogP contribution in [0.15, 0.2) is 21.1 Å². The summed E-state index contributed by atoms with van der Waals surface area (Å²) in [5.41, 5.74) is 5.26. The first-order chi connectivity index (χ1) is 8.00. The zero-order valence-electron chi connectivity index (χ0n) is 8.67. The molecule has 8 heteroatoms. The van der Waals surface area contributed by atoms with Gasteiger partial charge in [0.1, 0.15) is 16.2 Å². The van der Waals surface area contributed by atoms with E-state index in [-0.39, 0.29) is 22.8 Å². The smallest absolute Gasteiger partial charge is 0.399 e. The van der Waals surface area contributed by atoms with Crippen molar-refractivity contribution in [1.29, 1.82) is 0 Å². The highest BCUT2D eigenvalue weighted by atomic mass is 16.6. The number of carbonyl (C=O) groups is 1. The van der Waals surface area contributed by atoms with Gasteiger partial charge in [-0.1, -0.05) is 5.16 Å². The lowest BCUT2D eigenvalue weighted by Crippen LogP contribution is -2.12. The zero-order chi connectivity index (χ0) is 12.6. The first-order valence-electron chi connectivity index (χ1n) is 4.51. The van der Waals surface area contributed by atoms with Crippen LogP contribution in [0.4, 0.5) is 5.88 Å². The summed E-state index contributed by atoms with van der Waals surface area (Å²) in [5, 5.41) is 14.0. The lowest BCUT2D eigenvalue weighted by Gasteiger charge is -1.93. The molecule has 2 rings (SSSR count). The molecule has 1 amide bonds. The largest absolute Gasteiger partial charge is 0.433 e. The van der Waals surface area contributed by atoms with Gasteiger partial charge in [-0.3, -0.25) is 14.9 Å². The van der Waals surface area contributed by atoms with Crippen molar-refractivity contribution in [2.24, 2.45) is 5.73 Å². The normalized spacial score (nSPS) is 10.4. The molecule has 0 aliphatic carbocycles. The number of aryl methyl sites for hydroxylation is 1. The van der Waals surface area contributed by atoms with E-state index in [2.05, 4.69) is 5.16 Å². The maximum atomic E-state index is 11.2. The Bertz CT molecular complexity index is 598. The molecule has 0 fully saturated rings. The van der Waals surface area contributed by atoms with E-state index in [0.717, 1.165) is 6.07 Å². The molecule has 0 bridgehead atoms. The summed E-state index contributed by atoms with van der Waals surface area (Å²) in [6.45, 7) is 1.51. The molecule has 0 spiro atoms. The van der Waals surface area contributed by atoms with Gasteiger partial charge in [0.15, 0.2) is 11.5 Å². The van der Waals surface area contributed by atoms with Gasteiger partial charge < -0.3 is 14.7 Å². The maximum Gasteiger partial charge on any atom is 0.433 e. The van der Waals surface area contributed by atoms with Crippen LogP contribution < -0.4 is 5.73 Å². The number of rotatable bonds is 3. The van der Waals surface area contributed by atoms with Gasteiger partial charge in [-0.05, 0) is 13.0 Å². The van der Waals surface area contributed by atoms with Crippen molar-refractivity contribution in [3.63, 3.8) is 0 Å². The van der Waals surface area contributed by atoms with Gasteiger partial charge in [-0.15, -0.1) is 0 Å². The van der Waals surface area contributed by atoms with Crippen molar-refractivity contribution in [3.8, 4) is 11.5 Å². The SMILES string of the molecule is Cc1onc(-c2ccc([N+](=O)[O-])o2)c1C(N)=O. The van der Waals surface area contributed by atoms with Crippen LogP contribution >= 0.6 is 0 Å². The predicted molar refractivity (Wildman–Crippen MR) is 54.1 cm³/mol. The number of nitrogens with zero attached hydrogens (tertiary/aromatic N) is 2. The summed E-state index contributed by atoms with van der Waals surface area (Å²) in [4.78, 5) is 20.9.